The van der Waals surface area contributed by atoms with E-state index in [4.69, 9.17) is 10.5 Å². The first-order chi connectivity index (χ1) is 8.61. The van der Waals surface area contributed by atoms with Crippen LogP contribution in [0.4, 0.5) is 10.1 Å². The molecule has 1 aliphatic rings. The SMILES string of the molecule is CCC1CN(C(=O)c2cc(F)ccc2N)CCO1. The largest absolute Gasteiger partial charge is 0.398 e. The maximum Gasteiger partial charge on any atom is 0.256 e. The molecule has 2 N–H and O–H groups in total. The van der Waals surface area contributed by atoms with Crippen LogP contribution >= 0.6 is 0 Å². The normalized spacial score (nSPS) is 19.9. The summed E-state index contributed by atoms with van der Waals surface area (Å²) in [5, 5.41) is 0. The van der Waals surface area contributed by atoms with Crippen LogP contribution in [0.3, 0.4) is 0 Å². The Morgan fingerprint density at radius 2 is 2.39 bits per heavy atom. The number of carbonyl (C=O) groups is 1. The molecule has 1 unspecified atom stereocenters. The molecule has 5 heteroatoms. The number of nitrogens with zero attached hydrogens (tertiary/aromatic N) is 1. The number of carbonyl (C=O) groups excluding carboxylic acids is 1. The summed E-state index contributed by atoms with van der Waals surface area (Å²) >= 11 is 0. The minimum absolute atomic E-state index is 0.0532. The minimum atomic E-state index is -0.451. The molecule has 2 rings (SSSR count). The quantitative estimate of drug-likeness (QED) is 0.814. The Bertz CT molecular complexity index is 451. The third-order valence-electron chi connectivity index (χ3n) is 3.13. The Balaban J connectivity index is 2.17. The molecule has 1 amide bonds. The summed E-state index contributed by atoms with van der Waals surface area (Å²) in [6.45, 7) is 3.57. The molecule has 0 aromatic heterocycles. The number of nitrogens with two attached hydrogens (primary N) is 1. The lowest BCUT2D eigenvalue weighted by Crippen LogP contribution is -2.45. The van der Waals surface area contributed by atoms with E-state index < -0.39 is 5.82 Å². The Morgan fingerprint density at radius 1 is 1.61 bits per heavy atom. The van der Waals surface area contributed by atoms with E-state index in [1.165, 1.54) is 18.2 Å². The third-order valence-corrected chi connectivity index (χ3v) is 3.13. The smallest absolute Gasteiger partial charge is 0.256 e. The Hall–Kier alpha value is -1.62. The number of benzene rings is 1. The van der Waals surface area contributed by atoms with Crippen molar-refractivity contribution in [2.45, 2.75) is 19.4 Å². The van der Waals surface area contributed by atoms with E-state index in [1.54, 1.807) is 4.90 Å². The lowest BCUT2D eigenvalue weighted by atomic mass is 10.1. The maximum atomic E-state index is 13.2. The number of amides is 1. The molecule has 1 saturated heterocycles. The van der Waals surface area contributed by atoms with Crippen molar-refractivity contribution in [1.29, 1.82) is 0 Å². The molecule has 0 aliphatic carbocycles. The molecule has 0 radical (unpaired) electrons. The van der Waals surface area contributed by atoms with Crippen LogP contribution in [0.5, 0.6) is 0 Å². The summed E-state index contributed by atoms with van der Waals surface area (Å²) in [7, 11) is 0. The molecule has 1 aromatic rings. The second-order valence-corrected chi connectivity index (χ2v) is 4.38. The van der Waals surface area contributed by atoms with Gasteiger partial charge in [0.2, 0.25) is 0 Å². The third kappa shape index (κ3) is 2.61. The van der Waals surface area contributed by atoms with E-state index in [0.29, 0.717) is 25.4 Å². The highest BCUT2D eigenvalue weighted by atomic mass is 19.1. The van der Waals surface area contributed by atoms with Crippen LogP contribution < -0.4 is 5.73 Å². The average molecular weight is 252 g/mol. The number of morpholine rings is 1. The van der Waals surface area contributed by atoms with Gasteiger partial charge < -0.3 is 15.4 Å². The summed E-state index contributed by atoms with van der Waals surface area (Å²) in [5.74, 6) is -0.679. The average Bonchev–Trinajstić information content (AvgIpc) is 2.41. The highest BCUT2D eigenvalue weighted by molar-refractivity contribution is 5.99. The second-order valence-electron chi connectivity index (χ2n) is 4.38. The van der Waals surface area contributed by atoms with Crippen molar-refractivity contribution in [2.75, 3.05) is 25.4 Å². The Kier molecular flexibility index (Phi) is 3.81. The Labute approximate surface area is 106 Å². The fourth-order valence-electron chi connectivity index (χ4n) is 2.03. The summed E-state index contributed by atoms with van der Waals surface area (Å²) in [6, 6.07) is 3.86. The number of rotatable bonds is 2. The van der Waals surface area contributed by atoms with Crippen LogP contribution in [0.1, 0.15) is 23.7 Å². The van der Waals surface area contributed by atoms with Crippen molar-refractivity contribution < 1.29 is 13.9 Å². The number of halogens is 1. The number of hydrogen-bond acceptors (Lipinski definition) is 3. The first-order valence-corrected chi connectivity index (χ1v) is 6.07. The summed E-state index contributed by atoms with van der Waals surface area (Å²) < 4.78 is 18.7. The van der Waals surface area contributed by atoms with Gasteiger partial charge >= 0.3 is 0 Å². The molecule has 0 saturated carbocycles. The molecular formula is C13H17FN2O2. The summed E-state index contributed by atoms with van der Waals surface area (Å²) in [6.07, 6.45) is 0.903. The standard InChI is InChI=1S/C13H17FN2O2/c1-2-10-8-16(5-6-18-10)13(17)11-7-9(14)3-4-12(11)15/h3-4,7,10H,2,5-6,8,15H2,1H3. The Morgan fingerprint density at radius 3 is 3.11 bits per heavy atom. The number of hydrogen-bond donors (Lipinski definition) is 1. The molecule has 4 nitrogen and oxygen atoms in total. The van der Waals surface area contributed by atoms with E-state index in [2.05, 4.69) is 0 Å². The van der Waals surface area contributed by atoms with Gasteiger partial charge in [0.1, 0.15) is 5.82 Å². The van der Waals surface area contributed by atoms with Gasteiger partial charge in [0.15, 0.2) is 0 Å². The number of ether oxygens (including phenoxy) is 1. The van der Waals surface area contributed by atoms with E-state index in [9.17, 15) is 9.18 Å². The molecular weight excluding hydrogens is 235 g/mol. The van der Waals surface area contributed by atoms with E-state index in [-0.39, 0.29) is 17.6 Å². The van der Waals surface area contributed by atoms with Crippen LogP contribution in [0.15, 0.2) is 18.2 Å². The zero-order chi connectivity index (χ0) is 13.1. The predicted octanol–water partition coefficient (Wildman–Crippen LogP) is 1.66. The fraction of sp³-hybridized carbons (Fsp3) is 0.462. The minimum Gasteiger partial charge on any atom is -0.398 e. The molecule has 1 aromatic carbocycles. The zero-order valence-corrected chi connectivity index (χ0v) is 10.4. The van der Waals surface area contributed by atoms with Gasteiger partial charge in [-0.1, -0.05) is 6.92 Å². The molecule has 1 heterocycles. The monoisotopic (exact) mass is 252 g/mol. The maximum absolute atomic E-state index is 13.2. The van der Waals surface area contributed by atoms with Gasteiger partial charge in [-0.15, -0.1) is 0 Å². The lowest BCUT2D eigenvalue weighted by Gasteiger charge is -2.32. The summed E-state index contributed by atoms with van der Waals surface area (Å²) in [4.78, 5) is 13.9. The van der Waals surface area contributed by atoms with Gasteiger partial charge in [-0.2, -0.15) is 0 Å². The second kappa shape index (κ2) is 5.35. The predicted molar refractivity (Wildman–Crippen MR) is 66.7 cm³/mol. The zero-order valence-electron chi connectivity index (χ0n) is 10.4. The van der Waals surface area contributed by atoms with Crippen LogP contribution in [-0.4, -0.2) is 36.6 Å². The van der Waals surface area contributed by atoms with Crippen molar-refractivity contribution in [1.82, 2.24) is 4.90 Å². The van der Waals surface area contributed by atoms with Crippen molar-refractivity contribution >= 4 is 11.6 Å². The van der Waals surface area contributed by atoms with Crippen molar-refractivity contribution in [3.63, 3.8) is 0 Å². The molecule has 98 valence electrons. The molecule has 1 fully saturated rings. The van der Waals surface area contributed by atoms with Gasteiger partial charge in [-0.25, -0.2) is 4.39 Å². The van der Waals surface area contributed by atoms with Gasteiger partial charge in [-0.3, -0.25) is 4.79 Å². The molecule has 1 aliphatic heterocycles. The molecule has 1 atom stereocenters. The first-order valence-electron chi connectivity index (χ1n) is 6.07. The van der Waals surface area contributed by atoms with E-state index in [1.807, 2.05) is 6.92 Å². The number of nitrogen functional groups attached to an aromatic ring is 1. The van der Waals surface area contributed by atoms with Gasteiger partial charge in [0.05, 0.1) is 18.3 Å². The first kappa shape index (κ1) is 12.8. The van der Waals surface area contributed by atoms with Crippen LogP contribution in [0.25, 0.3) is 0 Å². The lowest BCUT2D eigenvalue weighted by molar-refractivity contribution is -0.0226. The van der Waals surface area contributed by atoms with Crippen molar-refractivity contribution in [3.05, 3.63) is 29.6 Å². The van der Waals surface area contributed by atoms with Gasteiger partial charge in [0, 0.05) is 18.8 Å². The van der Waals surface area contributed by atoms with Crippen LogP contribution in [0, 0.1) is 5.82 Å². The van der Waals surface area contributed by atoms with E-state index >= 15 is 0 Å². The molecule has 18 heavy (non-hydrogen) atoms. The highest BCUT2D eigenvalue weighted by Gasteiger charge is 2.25. The topological polar surface area (TPSA) is 55.6 Å². The number of anilines is 1. The van der Waals surface area contributed by atoms with E-state index in [0.717, 1.165) is 6.42 Å². The van der Waals surface area contributed by atoms with Crippen molar-refractivity contribution in [3.8, 4) is 0 Å². The van der Waals surface area contributed by atoms with Crippen LogP contribution in [-0.2, 0) is 4.74 Å². The molecule has 0 spiro atoms. The highest BCUT2D eigenvalue weighted by Crippen LogP contribution is 2.18. The molecule has 0 bridgehead atoms. The van der Waals surface area contributed by atoms with Gasteiger partial charge in [0.25, 0.3) is 5.91 Å². The van der Waals surface area contributed by atoms with Crippen molar-refractivity contribution in [2.24, 2.45) is 0 Å². The van der Waals surface area contributed by atoms with Gasteiger partial charge in [-0.05, 0) is 24.6 Å². The summed E-state index contributed by atoms with van der Waals surface area (Å²) in [5.41, 5.74) is 6.25. The van der Waals surface area contributed by atoms with Crippen LogP contribution in [0.2, 0.25) is 0 Å². The fourth-order valence-corrected chi connectivity index (χ4v) is 2.03.